The normalized spacial score (nSPS) is 15.2. The summed E-state index contributed by atoms with van der Waals surface area (Å²) < 4.78 is 5.82. The van der Waals surface area contributed by atoms with Crippen LogP contribution in [0.15, 0.2) is 42.5 Å². The number of benzene rings is 2. The Labute approximate surface area is 146 Å². The molecule has 1 unspecified atom stereocenters. The number of fused-ring (bicyclic) bond motifs is 1. The summed E-state index contributed by atoms with van der Waals surface area (Å²) >= 11 is 0. The molecule has 3 rings (SSSR count). The van der Waals surface area contributed by atoms with E-state index in [4.69, 9.17) is 10.5 Å². The van der Waals surface area contributed by atoms with Crippen LogP contribution in [-0.2, 0) is 19.3 Å². The summed E-state index contributed by atoms with van der Waals surface area (Å²) in [6.45, 7) is 4.79. The van der Waals surface area contributed by atoms with Gasteiger partial charge in [0, 0.05) is 5.92 Å². The van der Waals surface area contributed by atoms with Crippen LogP contribution in [0, 0.1) is 0 Å². The predicted octanol–water partition coefficient (Wildman–Crippen LogP) is 4.64. The van der Waals surface area contributed by atoms with Crippen molar-refractivity contribution in [2.75, 3.05) is 6.54 Å². The maximum absolute atomic E-state index is 6.12. The first-order chi connectivity index (χ1) is 11.7. The molecular weight excluding hydrogens is 294 g/mol. The zero-order valence-corrected chi connectivity index (χ0v) is 14.9. The highest BCUT2D eigenvalue weighted by Crippen LogP contribution is 2.28. The van der Waals surface area contributed by atoms with Gasteiger partial charge < -0.3 is 10.5 Å². The zero-order chi connectivity index (χ0) is 16.9. The number of aryl methyl sites for hydroxylation is 2. The third-order valence-corrected chi connectivity index (χ3v) is 4.88. The number of hydrogen-bond donors (Lipinski definition) is 1. The van der Waals surface area contributed by atoms with Crippen molar-refractivity contribution in [1.82, 2.24) is 0 Å². The van der Waals surface area contributed by atoms with Gasteiger partial charge in [0.2, 0.25) is 0 Å². The van der Waals surface area contributed by atoms with E-state index in [1.54, 1.807) is 0 Å². The first-order valence-corrected chi connectivity index (χ1v) is 9.23. The van der Waals surface area contributed by atoms with Crippen LogP contribution in [0.3, 0.4) is 0 Å². The van der Waals surface area contributed by atoms with Gasteiger partial charge in [-0.15, -0.1) is 0 Å². The minimum Gasteiger partial charge on any atom is -0.491 e. The van der Waals surface area contributed by atoms with E-state index in [0.29, 0.717) is 12.5 Å². The van der Waals surface area contributed by atoms with E-state index in [0.717, 1.165) is 12.2 Å². The van der Waals surface area contributed by atoms with Crippen molar-refractivity contribution in [3.8, 4) is 5.75 Å². The average molecular weight is 323 g/mol. The highest BCUT2D eigenvalue weighted by molar-refractivity contribution is 5.37. The molecule has 24 heavy (non-hydrogen) atoms. The van der Waals surface area contributed by atoms with Crippen molar-refractivity contribution < 1.29 is 4.74 Å². The van der Waals surface area contributed by atoms with Gasteiger partial charge in [-0.05, 0) is 86.9 Å². The summed E-state index contributed by atoms with van der Waals surface area (Å²) in [6.07, 6.45) is 6.26. The van der Waals surface area contributed by atoms with Crippen LogP contribution in [0.25, 0.3) is 0 Å². The molecule has 0 aromatic heterocycles. The highest BCUT2D eigenvalue weighted by Gasteiger charge is 2.15. The molecule has 1 aliphatic rings. The minimum absolute atomic E-state index is 0.200. The van der Waals surface area contributed by atoms with E-state index in [-0.39, 0.29) is 6.10 Å². The molecule has 0 spiro atoms. The Hall–Kier alpha value is -1.80. The van der Waals surface area contributed by atoms with Crippen molar-refractivity contribution in [3.05, 3.63) is 64.7 Å². The standard InChI is InChI=1S/C22H29NO/c1-16(2)24-22-9-5-6-17(13-22)12-21(15-23)20-11-10-18-7-3-4-8-19(18)14-20/h5-6,9-11,13-14,16,21H,3-4,7-8,12,15,23H2,1-2H3. The van der Waals surface area contributed by atoms with Crippen molar-refractivity contribution >= 4 is 0 Å². The Morgan fingerprint density at radius 2 is 1.79 bits per heavy atom. The molecule has 2 nitrogen and oxygen atoms in total. The van der Waals surface area contributed by atoms with Gasteiger partial charge in [-0.25, -0.2) is 0 Å². The van der Waals surface area contributed by atoms with Crippen LogP contribution in [-0.4, -0.2) is 12.6 Å². The van der Waals surface area contributed by atoms with Gasteiger partial charge in [0.05, 0.1) is 6.10 Å². The van der Waals surface area contributed by atoms with Crippen molar-refractivity contribution in [2.45, 2.75) is 58.0 Å². The molecule has 1 aliphatic carbocycles. The molecule has 2 N–H and O–H groups in total. The second-order valence-corrected chi connectivity index (χ2v) is 7.19. The number of ether oxygens (including phenoxy) is 1. The first kappa shape index (κ1) is 17.0. The Bertz CT molecular complexity index is 677. The van der Waals surface area contributed by atoms with Gasteiger partial charge in [0.25, 0.3) is 0 Å². The Morgan fingerprint density at radius 3 is 2.54 bits per heavy atom. The smallest absolute Gasteiger partial charge is 0.119 e. The molecule has 2 aromatic rings. The number of rotatable bonds is 6. The fourth-order valence-electron chi connectivity index (χ4n) is 3.65. The third-order valence-electron chi connectivity index (χ3n) is 4.88. The van der Waals surface area contributed by atoms with Gasteiger partial charge in [0.1, 0.15) is 5.75 Å². The van der Waals surface area contributed by atoms with E-state index < -0.39 is 0 Å². The summed E-state index contributed by atoms with van der Waals surface area (Å²) in [5, 5.41) is 0. The van der Waals surface area contributed by atoms with Crippen LogP contribution < -0.4 is 10.5 Å². The van der Waals surface area contributed by atoms with Gasteiger partial charge in [0.15, 0.2) is 0 Å². The Balaban J connectivity index is 1.77. The summed E-state index contributed by atoms with van der Waals surface area (Å²) in [5.74, 6) is 1.32. The second-order valence-electron chi connectivity index (χ2n) is 7.19. The first-order valence-electron chi connectivity index (χ1n) is 9.23. The summed E-state index contributed by atoms with van der Waals surface area (Å²) in [5.41, 5.74) is 11.9. The molecule has 0 heterocycles. The topological polar surface area (TPSA) is 35.2 Å². The third kappa shape index (κ3) is 4.18. The summed E-state index contributed by atoms with van der Waals surface area (Å²) in [6, 6.07) is 15.4. The molecule has 0 saturated heterocycles. The van der Waals surface area contributed by atoms with E-state index in [1.165, 1.54) is 47.9 Å². The summed E-state index contributed by atoms with van der Waals surface area (Å²) in [4.78, 5) is 0. The van der Waals surface area contributed by atoms with E-state index in [9.17, 15) is 0 Å². The maximum atomic E-state index is 6.12. The van der Waals surface area contributed by atoms with Crippen molar-refractivity contribution in [2.24, 2.45) is 5.73 Å². The lowest BCUT2D eigenvalue weighted by molar-refractivity contribution is 0.242. The van der Waals surface area contributed by atoms with E-state index in [2.05, 4.69) is 50.2 Å². The molecular formula is C22H29NO. The number of nitrogens with two attached hydrogens (primary N) is 1. The molecule has 0 radical (unpaired) electrons. The largest absolute Gasteiger partial charge is 0.491 e. The predicted molar refractivity (Wildman–Crippen MR) is 101 cm³/mol. The molecule has 1 atom stereocenters. The van der Waals surface area contributed by atoms with Crippen molar-refractivity contribution in [1.29, 1.82) is 0 Å². The second kappa shape index (κ2) is 7.85. The monoisotopic (exact) mass is 323 g/mol. The van der Waals surface area contributed by atoms with Gasteiger partial charge in [-0.3, -0.25) is 0 Å². The Kier molecular flexibility index (Phi) is 5.57. The molecule has 128 valence electrons. The molecule has 0 amide bonds. The number of hydrogen-bond acceptors (Lipinski definition) is 2. The van der Waals surface area contributed by atoms with Crippen molar-refractivity contribution in [3.63, 3.8) is 0 Å². The van der Waals surface area contributed by atoms with Gasteiger partial charge in [-0.2, -0.15) is 0 Å². The lowest BCUT2D eigenvalue weighted by Crippen LogP contribution is -2.16. The maximum Gasteiger partial charge on any atom is 0.119 e. The molecule has 2 heteroatoms. The fourth-order valence-corrected chi connectivity index (χ4v) is 3.65. The quantitative estimate of drug-likeness (QED) is 0.840. The van der Waals surface area contributed by atoms with Gasteiger partial charge >= 0.3 is 0 Å². The molecule has 0 saturated carbocycles. The van der Waals surface area contributed by atoms with Gasteiger partial charge in [-0.1, -0.05) is 30.3 Å². The highest BCUT2D eigenvalue weighted by atomic mass is 16.5. The van der Waals surface area contributed by atoms with Crippen LogP contribution in [0.5, 0.6) is 5.75 Å². The van der Waals surface area contributed by atoms with Crippen LogP contribution in [0.2, 0.25) is 0 Å². The molecule has 0 bridgehead atoms. The van der Waals surface area contributed by atoms with E-state index >= 15 is 0 Å². The van der Waals surface area contributed by atoms with Crippen LogP contribution >= 0.6 is 0 Å². The Morgan fingerprint density at radius 1 is 1.00 bits per heavy atom. The van der Waals surface area contributed by atoms with Crippen LogP contribution in [0.1, 0.15) is 54.9 Å². The van der Waals surface area contributed by atoms with Crippen LogP contribution in [0.4, 0.5) is 0 Å². The lowest BCUT2D eigenvalue weighted by atomic mass is 9.85. The van der Waals surface area contributed by atoms with E-state index in [1.807, 2.05) is 6.07 Å². The lowest BCUT2D eigenvalue weighted by Gasteiger charge is -2.21. The molecule has 0 fully saturated rings. The minimum atomic E-state index is 0.200. The SMILES string of the molecule is CC(C)Oc1cccc(CC(CN)c2ccc3c(c2)CCCC3)c1. The summed E-state index contributed by atoms with van der Waals surface area (Å²) in [7, 11) is 0. The zero-order valence-electron chi connectivity index (χ0n) is 14.9. The molecule has 0 aliphatic heterocycles. The molecule has 2 aromatic carbocycles. The fraction of sp³-hybridized carbons (Fsp3) is 0.455. The average Bonchev–Trinajstić information content (AvgIpc) is 2.59.